The van der Waals surface area contributed by atoms with Crippen LogP contribution in [0.5, 0.6) is 0 Å². The maximum atomic E-state index is 12.0. The van der Waals surface area contributed by atoms with Crippen molar-refractivity contribution in [1.82, 2.24) is 0 Å². The van der Waals surface area contributed by atoms with E-state index in [1.807, 2.05) is 0 Å². The lowest BCUT2D eigenvalue weighted by Gasteiger charge is -2.12. The molecule has 0 aliphatic rings. The lowest BCUT2D eigenvalue weighted by Crippen LogP contribution is -2.25. The number of hydrogen-bond donors (Lipinski definition) is 1. The third kappa shape index (κ3) is 38.3. The normalized spacial score (nSPS) is 12.6. The molecule has 5 heteroatoms. The van der Waals surface area contributed by atoms with E-state index < -0.39 is 6.10 Å². The van der Waals surface area contributed by atoms with Crippen molar-refractivity contribution >= 4 is 11.9 Å². The summed E-state index contributed by atoms with van der Waals surface area (Å²) < 4.78 is 10.3. The topological polar surface area (TPSA) is 72.8 Å². The van der Waals surface area contributed by atoms with Crippen LogP contribution in [0.25, 0.3) is 0 Å². The van der Waals surface area contributed by atoms with E-state index in [0.29, 0.717) is 12.8 Å². The smallest absolute Gasteiger partial charge is 0.305 e. The summed E-state index contributed by atoms with van der Waals surface area (Å²) in [6.45, 7) is 4.24. The van der Waals surface area contributed by atoms with E-state index in [1.165, 1.54) is 103 Å². The van der Waals surface area contributed by atoms with Crippen LogP contribution < -0.4 is 0 Å². The summed E-state index contributed by atoms with van der Waals surface area (Å²) in [5.74, 6) is -0.594. The summed E-state index contributed by atoms with van der Waals surface area (Å²) in [7, 11) is 0. The zero-order valence-electron chi connectivity index (χ0n) is 31.5. The highest BCUT2D eigenvalue weighted by Crippen LogP contribution is 2.12. The molecule has 1 N–H and O–H groups in total. The van der Waals surface area contributed by atoms with Crippen LogP contribution in [-0.2, 0) is 19.1 Å². The van der Waals surface area contributed by atoms with Gasteiger partial charge in [0, 0.05) is 12.8 Å². The van der Waals surface area contributed by atoms with Crippen molar-refractivity contribution in [2.24, 2.45) is 0 Å². The minimum Gasteiger partial charge on any atom is -0.463 e. The van der Waals surface area contributed by atoms with E-state index in [2.05, 4.69) is 62.5 Å². The van der Waals surface area contributed by atoms with Crippen molar-refractivity contribution in [3.8, 4) is 0 Å². The van der Waals surface area contributed by atoms with Gasteiger partial charge >= 0.3 is 11.9 Å². The Balaban J connectivity index is 3.49. The van der Waals surface area contributed by atoms with E-state index in [4.69, 9.17) is 9.47 Å². The molecular formula is C43H76O5. The Hall–Kier alpha value is -2.14. The predicted molar refractivity (Wildman–Crippen MR) is 205 cm³/mol. The lowest BCUT2D eigenvalue weighted by atomic mass is 10.1. The molecular weight excluding hydrogens is 596 g/mol. The molecule has 0 bridgehead atoms. The van der Waals surface area contributed by atoms with Crippen molar-refractivity contribution in [2.45, 2.75) is 200 Å². The van der Waals surface area contributed by atoms with Gasteiger partial charge in [0.05, 0.1) is 0 Å². The highest BCUT2D eigenvalue weighted by atomic mass is 16.6. The quantitative estimate of drug-likeness (QED) is 0.0407. The first-order chi connectivity index (χ1) is 23.6. The molecule has 0 saturated carbocycles. The monoisotopic (exact) mass is 673 g/mol. The Bertz CT molecular complexity index is 812. The van der Waals surface area contributed by atoms with E-state index in [-0.39, 0.29) is 25.2 Å². The average molecular weight is 673 g/mol. The Morgan fingerprint density at radius 1 is 0.438 bits per heavy atom. The fraction of sp³-hybridized carbons (Fsp3) is 0.767. The number of carbonyl (C=O) groups excluding carboxylic acids is 2. The minimum atomic E-state index is -0.975. The molecule has 0 heterocycles. The molecule has 0 amide bonds. The van der Waals surface area contributed by atoms with Crippen LogP contribution in [0.4, 0.5) is 0 Å². The zero-order chi connectivity index (χ0) is 35.0. The second kappa shape index (κ2) is 39.3. The zero-order valence-corrected chi connectivity index (χ0v) is 31.5. The Morgan fingerprint density at radius 2 is 0.729 bits per heavy atom. The van der Waals surface area contributed by atoms with E-state index in [1.54, 1.807) is 0 Å². The van der Waals surface area contributed by atoms with Crippen LogP contribution in [0.1, 0.15) is 194 Å². The molecule has 0 rings (SSSR count). The van der Waals surface area contributed by atoms with E-state index in [9.17, 15) is 14.7 Å². The average Bonchev–Trinajstić information content (AvgIpc) is 3.09. The van der Waals surface area contributed by atoms with Gasteiger partial charge < -0.3 is 14.6 Å². The number of aliphatic hydroxyl groups excluding tert-OH is 1. The molecule has 0 aromatic rings. The molecule has 0 fully saturated rings. The van der Waals surface area contributed by atoms with Gasteiger partial charge in [-0.3, -0.25) is 9.59 Å². The van der Waals surface area contributed by atoms with Gasteiger partial charge in [0.25, 0.3) is 0 Å². The van der Waals surface area contributed by atoms with Crippen LogP contribution in [0.2, 0.25) is 0 Å². The van der Waals surface area contributed by atoms with Crippen molar-refractivity contribution in [1.29, 1.82) is 0 Å². The molecule has 0 aliphatic carbocycles. The molecule has 5 nitrogen and oxygen atoms in total. The predicted octanol–water partition coefficient (Wildman–Crippen LogP) is 12.6. The fourth-order valence-corrected chi connectivity index (χ4v) is 5.44. The number of allylic oxidation sites excluding steroid dienone is 8. The molecule has 0 aromatic heterocycles. The Labute approximate surface area is 297 Å². The summed E-state index contributed by atoms with van der Waals surface area (Å²) in [6, 6.07) is 0. The summed E-state index contributed by atoms with van der Waals surface area (Å²) in [5.41, 5.74) is 0. The molecule has 0 aliphatic heterocycles. The molecule has 0 unspecified atom stereocenters. The summed E-state index contributed by atoms with van der Waals surface area (Å²) in [5, 5.41) is 10.0. The maximum Gasteiger partial charge on any atom is 0.305 e. The summed E-state index contributed by atoms with van der Waals surface area (Å²) in [4.78, 5) is 23.9. The number of rotatable bonds is 36. The highest BCUT2D eigenvalue weighted by Gasteiger charge is 2.12. The summed E-state index contributed by atoms with van der Waals surface area (Å²) >= 11 is 0. The van der Waals surface area contributed by atoms with Gasteiger partial charge in [-0.15, -0.1) is 0 Å². The standard InChI is InChI=1S/C43H76O5/c1-3-5-7-9-11-13-15-17-19-21-23-25-27-29-31-33-35-37-42(45)47-39-41(44)40-48-43(46)38-36-34-32-30-28-26-24-22-20-18-16-14-12-10-8-6-4-2/h11,13,17-20,23,25,41,44H,3-10,12,14-16,21-22,24,26-40H2,1-2H3/b13-11-,19-17-,20-18-,25-23-/t41-/m0/s1. The van der Waals surface area contributed by atoms with Gasteiger partial charge in [0.2, 0.25) is 0 Å². The molecule has 1 atom stereocenters. The number of ether oxygens (including phenoxy) is 2. The molecule has 278 valence electrons. The van der Waals surface area contributed by atoms with Crippen molar-refractivity contribution in [2.75, 3.05) is 13.2 Å². The first-order valence-corrected chi connectivity index (χ1v) is 20.2. The minimum absolute atomic E-state index is 0.126. The molecule has 0 spiro atoms. The SMILES string of the molecule is CCCCC/C=C\C/C=C\C/C=C\CCCCCCC(=O)OC[C@H](O)COC(=O)CCCCCCCCC/C=C\CCCCCCCC. The van der Waals surface area contributed by atoms with Crippen molar-refractivity contribution in [3.63, 3.8) is 0 Å². The van der Waals surface area contributed by atoms with Gasteiger partial charge in [-0.1, -0.05) is 152 Å². The van der Waals surface area contributed by atoms with Crippen LogP contribution in [-0.4, -0.2) is 36.4 Å². The molecule has 0 saturated heterocycles. The number of aliphatic hydroxyl groups is 1. The maximum absolute atomic E-state index is 12.0. The first-order valence-electron chi connectivity index (χ1n) is 20.2. The second-order valence-electron chi connectivity index (χ2n) is 13.4. The van der Waals surface area contributed by atoms with Gasteiger partial charge in [-0.05, 0) is 77.0 Å². The number of esters is 2. The van der Waals surface area contributed by atoms with Crippen LogP contribution in [0.15, 0.2) is 48.6 Å². The van der Waals surface area contributed by atoms with E-state index in [0.717, 1.165) is 64.2 Å². The summed E-state index contributed by atoms with van der Waals surface area (Å²) in [6.07, 6.45) is 48.7. The third-order valence-corrected chi connectivity index (χ3v) is 8.54. The van der Waals surface area contributed by atoms with E-state index >= 15 is 0 Å². The van der Waals surface area contributed by atoms with Crippen LogP contribution in [0, 0.1) is 0 Å². The third-order valence-electron chi connectivity index (χ3n) is 8.54. The van der Waals surface area contributed by atoms with Gasteiger partial charge in [-0.25, -0.2) is 0 Å². The molecule has 0 aromatic carbocycles. The Kier molecular flexibility index (Phi) is 37.5. The highest BCUT2D eigenvalue weighted by molar-refractivity contribution is 5.69. The largest absolute Gasteiger partial charge is 0.463 e. The Morgan fingerprint density at radius 3 is 1.15 bits per heavy atom. The van der Waals surface area contributed by atoms with Crippen LogP contribution >= 0.6 is 0 Å². The van der Waals surface area contributed by atoms with Gasteiger partial charge in [-0.2, -0.15) is 0 Å². The van der Waals surface area contributed by atoms with Crippen molar-refractivity contribution < 1.29 is 24.2 Å². The lowest BCUT2D eigenvalue weighted by molar-refractivity contribution is -0.152. The second-order valence-corrected chi connectivity index (χ2v) is 13.4. The van der Waals surface area contributed by atoms with Crippen LogP contribution in [0.3, 0.4) is 0 Å². The first kappa shape index (κ1) is 45.9. The fourth-order valence-electron chi connectivity index (χ4n) is 5.44. The van der Waals surface area contributed by atoms with Crippen molar-refractivity contribution in [3.05, 3.63) is 48.6 Å². The van der Waals surface area contributed by atoms with Gasteiger partial charge in [0.1, 0.15) is 19.3 Å². The number of unbranched alkanes of at least 4 members (excludes halogenated alkanes) is 20. The molecule has 0 radical (unpaired) electrons. The number of carbonyl (C=O) groups is 2. The number of hydrogen-bond acceptors (Lipinski definition) is 5. The van der Waals surface area contributed by atoms with Gasteiger partial charge in [0.15, 0.2) is 0 Å². The molecule has 48 heavy (non-hydrogen) atoms.